The summed E-state index contributed by atoms with van der Waals surface area (Å²) in [7, 11) is 0. The van der Waals surface area contributed by atoms with Crippen LogP contribution in [0, 0.1) is 5.92 Å². The highest BCUT2D eigenvalue weighted by molar-refractivity contribution is 5.76. The third-order valence-electron chi connectivity index (χ3n) is 3.99. The third kappa shape index (κ3) is 3.70. The molecule has 5 heteroatoms. The molecule has 18 heavy (non-hydrogen) atoms. The van der Waals surface area contributed by atoms with E-state index in [1.165, 1.54) is 0 Å². The summed E-state index contributed by atoms with van der Waals surface area (Å²) in [5, 5.41) is 11.8. The molecule has 2 unspecified atom stereocenters. The van der Waals surface area contributed by atoms with Crippen molar-refractivity contribution in [1.29, 1.82) is 0 Å². The molecule has 0 aromatic rings. The van der Waals surface area contributed by atoms with Crippen LogP contribution in [-0.2, 0) is 9.59 Å². The minimum atomic E-state index is -0.708. The molecule has 102 valence electrons. The van der Waals surface area contributed by atoms with Gasteiger partial charge in [-0.3, -0.25) is 14.5 Å². The van der Waals surface area contributed by atoms with Crippen molar-refractivity contribution in [2.45, 2.75) is 44.6 Å². The number of carboxylic acid groups (broad SMARTS) is 1. The zero-order valence-corrected chi connectivity index (χ0v) is 10.7. The Morgan fingerprint density at radius 1 is 1.39 bits per heavy atom. The number of carbonyl (C=O) groups is 2. The quantitative estimate of drug-likeness (QED) is 0.783. The van der Waals surface area contributed by atoms with Crippen molar-refractivity contribution in [3.8, 4) is 0 Å². The number of rotatable bonds is 3. The van der Waals surface area contributed by atoms with Gasteiger partial charge >= 0.3 is 5.97 Å². The summed E-state index contributed by atoms with van der Waals surface area (Å²) in [4.78, 5) is 24.7. The zero-order chi connectivity index (χ0) is 13.0. The molecule has 2 heterocycles. The molecular formula is C13H22N2O3. The van der Waals surface area contributed by atoms with Crippen LogP contribution in [0.5, 0.6) is 0 Å². The van der Waals surface area contributed by atoms with E-state index in [0.717, 1.165) is 45.3 Å². The topological polar surface area (TPSA) is 69.6 Å². The van der Waals surface area contributed by atoms with Crippen LogP contribution in [0.15, 0.2) is 0 Å². The van der Waals surface area contributed by atoms with Crippen LogP contribution >= 0.6 is 0 Å². The number of carbonyl (C=O) groups excluding carboxylic acids is 1. The summed E-state index contributed by atoms with van der Waals surface area (Å²) in [6.45, 7) is 2.63. The highest BCUT2D eigenvalue weighted by atomic mass is 16.4. The number of amides is 1. The minimum absolute atomic E-state index is 0.137. The van der Waals surface area contributed by atoms with E-state index in [1.54, 1.807) is 0 Å². The lowest BCUT2D eigenvalue weighted by atomic mass is 9.92. The monoisotopic (exact) mass is 254 g/mol. The minimum Gasteiger partial charge on any atom is -0.481 e. The second kappa shape index (κ2) is 6.18. The standard InChI is InChI=1S/C13H22N2O3/c16-12-8-11(4-1-5-14-12)15-6-2-3-10(9-15)7-13(17)18/h10-11H,1-9H2,(H,14,16)(H,17,18). The van der Waals surface area contributed by atoms with Gasteiger partial charge in [-0.05, 0) is 38.1 Å². The summed E-state index contributed by atoms with van der Waals surface area (Å²) in [6.07, 6.45) is 4.95. The fourth-order valence-corrected chi connectivity index (χ4v) is 3.11. The Bertz CT molecular complexity index is 319. The second-order valence-electron chi connectivity index (χ2n) is 5.45. The maximum absolute atomic E-state index is 11.6. The Balaban J connectivity index is 1.90. The molecule has 2 atom stereocenters. The average Bonchev–Trinajstić information content (AvgIpc) is 2.53. The number of nitrogens with one attached hydrogen (secondary N) is 1. The molecule has 5 nitrogen and oxygen atoms in total. The van der Waals surface area contributed by atoms with Crippen LogP contribution in [0.25, 0.3) is 0 Å². The van der Waals surface area contributed by atoms with Gasteiger partial charge in [0.1, 0.15) is 0 Å². The first-order valence-corrected chi connectivity index (χ1v) is 6.87. The Morgan fingerprint density at radius 3 is 3.00 bits per heavy atom. The van der Waals surface area contributed by atoms with Crippen molar-refractivity contribution in [1.82, 2.24) is 10.2 Å². The van der Waals surface area contributed by atoms with Crippen molar-refractivity contribution in [3.63, 3.8) is 0 Å². The lowest BCUT2D eigenvalue weighted by molar-refractivity contribution is -0.138. The van der Waals surface area contributed by atoms with E-state index < -0.39 is 5.97 Å². The summed E-state index contributed by atoms with van der Waals surface area (Å²) >= 11 is 0. The van der Waals surface area contributed by atoms with Crippen molar-refractivity contribution >= 4 is 11.9 Å². The Kier molecular flexibility index (Phi) is 4.58. The van der Waals surface area contributed by atoms with Gasteiger partial charge in [0.2, 0.25) is 5.91 Å². The molecule has 0 aliphatic carbocycles. The summed E-state index contributed by atoms with van der Waals surface area (Å²) < 4.78 is 0. The van der Waals surface area contributed by atoms with Crippen molar-refractivity contribution < 1.29 is 14.7 Å². The normalized spacial score (nSPS) is 30.6. The molecule has 2 rings (SSSR count). The third-order valence-corrected chi connectivity index (χ3v) is 3.99. The van der Waals surface area contributed by atoms with Gasteiger partial charge in [0.25, 0.3) is 0 Å². The number of aliphatic carboxylic acids is 1. The number of hydrogen-bond donors (Lipinski definition) is 2. The van der Waals surface area contributed by atoms with Gasteiger partial charge in [-0.1, -0.05) is 0 Å². The van der Waals surface area contributed by atoms with Gasteiger partial charge < -0.3 is 10.4 Å². The van der Waals surface area contributed by atoms with E-state index in [0.29, 0.717) is 12.5 Å². The lowest BCUT2D eigenvalue weighted by Crippen LogP contribution is -2.44. The summed E-state index contributed by atoms with van der Waals surface area (Å²) in [6, 6.07) is 0.309. The Hall–Kier alpha value is -1.10. The van der Waals surface area contributed by atoms with Crippen LogP contribution in [0.1, 0.15) is 38.5 Å². The van der Waals surface area contributed by atoms with Crippen molar-refractivity contribution in [3.05, 3.63) is 0 Å². The molecule has 1 amide bonds. The molecule has 2 aliphatic heterocycles. The number of carboxylic acids is 1. The zero-order valence-electron chi connectivity index (χ0n) is 10.7. The van der Waals surface area contributed by atoms with Gasteiger partial charge in [-0.25, -0.2) is 0 Å². The molecule has 2 saturated heterocycles. The highest BCUT2D eigenvalue weighted by Gasteiger charge is 2.29. The van der Waals surface area contributed by atoms with Crippen LogP contribution in [-0.4, -0.2) is 47.6 Å². The molecule has 0 aromatic carbocycles. The van der Waals surface area contributed by atoms with E-state index in [1.807, 2.05) is 0 Å². The Labute approximate surface area is 108 Å². The van der Waals surface area contributed by atoms with E-state index in [-0.39, 0.29) is 18.2 Å². The molecular weight excluding hydrogens is 232 g/mol. The molecule has 2 aliphatic rings. The second-order valence-corrected chi connectivity index (χ2v) is 5.45. The maximum atomic E-state index is 11.6. The van der Waals surface area contributed by atoms with Crippen LogP contribution in [0.4, 0.5) is 0 Å². The first kappa shape index (κ1) is 13.3. The predicted octanol–water partition coefficient (Wildman–Crippen LogP) is 0.842. The SMILES string of the molecule is O=C(O)CC1CCCN(C2CCCNC(=O)C2)C1. The smallest absolute Gasteiger partial charge is 0.303 e. The average molecular weight is 254 g/mol. The van der Waals surface area contributed by atoms with Crippen molar-refractivity contribution in [2.75, 3.05) is 19.6 Å². The number of hydrogen-bond acceptors (Lipinski definition) is 3. The molecule has 0 spiro atoms. The van der Waals surface area contributed by atoms with Crippen molar-refractivity contribution in [2.24, 2.45) is 5.92 Å². The van der Waals surface area contributed by atoms with E-state index in [2.05, 4.69) is 10.2 Å². The molecule has 2 fully saturated rings. The first-order chi connectivity index (χ1) is 8.65. The number of likely N-dealkylation sites (tertiary alicyclic amines) is 1. The number of piperidine rings is 1. The molecule has 0 aromatic heterocycles. The first-order valence-electron chi connectivity index (χ1n) is 6.87. The van der Waals surface area contributed by atoms with Crippen LogP contribution < -0.4 is 5.32 Å². The van der Waals surface area contributed by atoms with Gasteiger partial charge in [-0.2, -0.15) is 0 Å². The predicted molar refractivity (Wildman–Crippen MR) is 67.2 cm³/mol. The fourth-order valence-electron chi connectivity index (χ4n) is 3.11. The van der Waals surface area contributed by atoms with Crippen LogP contribution in [0.2, 0.25) is 0 Å². The van der Waals surface area contributed by atoms with E-state index >= 15 is 0 Å². The van der Waals surface area contributed by atoms with Gasteiger partial charge in [-0.15, -0.1) is 0 Å². The fraction of sp³-hybridized carbons (Fsp3) is 0.846. The van der Waals surface area contributed by atoms with Gasteiger partial charge in [0.15, 0.2) is 0 Å². The molecule has 2 N–H and O–H groups in total. The summed E-state index contributed by atoms with van der Waals surface area (Å²) in [5.74, 6) is -0.319. The lowest BCUT2D eigenvalue weighted by Gasteiger charge is -2.37. The molecule has 0 bridgehead atoms. The maximum Gasteiger partial charge on any atom is 0.303 e. The largest absolute Gasteiger partial charge is 0.481 e. The molecule has 0 saturated carbocycles. The Morgan fingerprint density at radius 2 is 2.22 bits per heavy atom. The summed E-state index contributed by atoms with van der Waals surface area (Å²) in [5.41, 5.74) is 0. The van der Waals surface area contributed by atoms with Gasteiger partial charge in [0.05, 0.1) is 0 Å². The van der Waals surface area contributed by atoms with E-state index in [9.17, 15) is 9.59 Å². The highest BCUT2D eigenvalue weighted by Crippen LogP contribution is 2.24. The van der Waals surface area contributed by atoms with Gasteiger partial charge in [0, 0.05) is 32.0 Å². The van der Waals surface area contributed by atoms with E-state index in [4.69, 9.17) is 5.11 Å². The van der Waals surface area contributed by atoms with Crippen LogP contribution in [0.3, 0.4) is 0 Å². The molecule has 0 radical (unpaired) electrons. The number of nitrogens with zero attached hydrogens (tertiary/aromatic N) is 1.